The van der Waals surface area contributed by atoms with E-state index in [2.05, 4.69) is 13.5 Å². The first-order chi connectivity index (χ1) is 5.09. The zero-order chi connectivity index (χ0) is 8.48. The van der Waals surface area contributed by atoms with E-state index >= 15 is 0 Å². The van der Waals surface area contributed by atoms with E-state index in [9.17, 15) is 0 Å². The maximum atomic E-state index is 5.61. The van der Waals surface area contributed by atoms with Crippen molar-refractivity contribution in [2.75, 3.05) is 0 Å². The predicted molar refractivity (Wildman–Crippen MR) is 44.3 cm³/mol. The van der Waals surface area contributed by atoms with E-state index in [1.54, 1.807) is 0 Å². The lowest BCUT2D eigenvalue weighted by Gasteiger charge is -2.16. The zero-order valence-electron chi connectivity index (χ0n) is 7.46. The second-order valence-electron chi connectivity index (χ2n) is 3.28. The SMILES string of the molecule is C=C[C@@H]1OC(C)(C)O[C@@H]1CC. The van der Waals surface area contributed by atoms with Crippen molar-refractivity contribution < 1.29 is 9.47 Å². The van der Waals surface area contributed by atoms with Crippen molar-refractivity contribution in [3.63, 3.8) is 0 Å². The minimum absolute atomic E-state index is 0.0648. The molecule has 2 heteroatoms. The van der Waals surface area contributed by atoms with Crippen LogP contribution in [0.2, 0.25) is 0 Å². The molecule has 0 spiro atoms. The molecule has 0 aliphatic carbocycles. The van der Waals surface area contributed by atoms with Crippen LogP contribution in [0.4, 0.5) is 0 Å². The van der Waals surface area contributed by atoms with Crippen molar-refractivity contribution in [1.82, 2.24) is 0 Å². The molecule has 1 fully saturated rings. The molecule has 0 amide bonds. The minimum atomic E-state index is -0.431. The van der Waals surface area contributed by atoms with Gasteiger partial charge in [0.15, 0.2) is 5.79 Å². The minimum Gasteiger partial charge on any atom is -0.344 e. The molecule has 1 rings (SSSR count). The van der Waals surface area contributed by atoms with Crippen LogP contribution < -0.4 is 0 Å². The molecule has 0 unspecified atom stereocenters. The lowest BCUT2D eigenvalue weighted by atomic mass is 10.1. The van der Waals surface area contributed by atoms with Crippen LogP contribution in [0.15, 0.2) is 12.7 Å². The molecule has 0 radical (unpaired) electrons. The fraction of sp³-hybridized carbons (Fsp3) is 0.778. The molecule has 0 aromatic heterocycles. The summed E-state index contributed by atoms with van der Waals surface area (Å²) in [7, 11) is 0. The van der Waals surface area contributed by atoms with Gasteiger partial charge in [-0.25, -0.2) is 0 Å². The van der Waals surface area contributed by atoms with Crippen LogP contribution in [0, 0.1) is 0 Å². The molecule has 2 atom stereocenters. The fourth-order valence-electron chi connectivity index (χ4n) is 1.38. The van der Waals surface area contributed by atoms with Gasteiger partial charge in [0, 0.05) is 0 Å². The predicted octanol–water partition coefficient (Wildman–Crippen LogP) is 2.10. The standard InChI is InChI=1S/C9H16O2/c1-5-7-8(6-2)11-9(3,4)10-7/h5,7-8H,1,6H2,2-4H3/t7-,8+/m0/s1. The normalized spacial score (nSPS) is 35.5. The Bertz CT molecular complexity index is 152. The van der Waals surface area contributed by atoms with Crippen LogP contribution >= 0.6 is 0 Å². The molecule has 1 saturated heterocycles. The van der Waals surface area contributed by atoms with Crippen molar-refractivity contribution >= 4 is 0 Å². The van der Waals surface area contributed by atoms with Crippen molar-refractivity contribution in [3.8, 4) is 0 Å². The highest BCUT2D eigenvalue weighted by molar-refractivity contribution is 4.92. The van der Waals surface area contributed by atoms with Gasteiger partial charge >= 0.3 is 0 Å². The van der Waals surface area contributed by atoms with E-state index in [0.29, 0.717) is 0 Å². The lowest BCUT2D eigenvalue weighted by molar-refractivity contribution is -0.143. The Balaban J connectivity index is 2.62. The van der Waals surface area contributed by atoms with Crippen LogP contribution in [0.1, 0.15) is 27.2 Å². The van der Waals surface area contributed by atoms with Crippen molar-refractivity contribution in [3.05, 3.63) is 12.7 Å². The second-order valence-corrected chi connectivity index (χ2v) is 3.28. The average Bonchev–Trinajstić information content (AvgIpc) is 2.25. The van der Waals surface area contributed by atoms with Crippen molar-refractivity contribution in [2.45, 2.75) is 45.2 Å². The summed E-state index contributed by atoms with van der Waals surface area (Å²) in [6.07, 6.45) is 3.03. The van der Waals surface area contributed by atoms with Gasteiger partial charge in [-0.2, -0.15) is 0 Å². The van der Waals surface area contributed by atoms with Crippen molar-refractivity contribution in [1.29, 1.82) is 0 Å². The summed E-state index contributed by atoms with van der Waals surface area (Å²) in [5.41, 5.74) is 0. The van der Waals surface area contributed by atoms with Crippen LogP contribution in [0.25, 0.3) is 0 Å². The van der Waals surface area contributed by atoms with Gasteiger partial charge in [-0.05, 0) is 20.3 Å². The second kappa shape index (κ2) is 2.95. The van der Waals surface area contributed by atoms with E-state index in [0.717, 1.165) is 6.42 Å². The molecular formula is C9H16O2. The highest BCUT2D eigenvalue weighted by Crippen LogP contribution is 2.29. The van der Waals surface area contributed by atoms with Gasteiger partial charge in [0.2, 0.25) is 0 Å². The Morgan fingerprint density at radius 1 is 1.45 bits per heavy atom. The van der Waals surface area contributed by atoms with Crippen LogP contribution in [0.3, 0.4) is 0 Å². The Kier molecular flexibility index (Phi) is 2.35. The molecule has 64 valence electrons. The van der Waals surface area contributed by atoms with Gasteiger partial charge in [0.1, 0.15) is 6.10 Å². The molecule has 0 aromatic carbocycles. The van der Waals surface area contributed by atoms with E-state index in [1.165, 1.54) is 0 Å². The molecule has 1 aliphatic rings. The van der Waals surface area contributed by atoms with Gasteiger partial charge in [0.25, 0.3) is 0 Å². The summed E-state index contributed by atoms with van der Waals surface area (Å²) < 4.78 is 11.2. The first-order valence-electron chi connectivity index (χ1n) is 4.07. The van der Waals surface area contributed by atoms with Crippen LogP contribution in [-0.4, -0.2) is 18.0 Å². The highest BCUT2D eigenvalue weighted by atomic mass is 16.7. The molecule has 0 saturated carbocycles. The van der Waals surface area contributed by atoms with E-state index in [4.69, 9.17) is 9.47 Å². The highest BCUT2D eigenvalue weighted by Gasteiger charge is 2.38. The molecule has 0 aromatic rings. The smallest absolute Gasteiger partial charge is 0.164 e. The monoisotopic (exact) mass is 156 g/mol. The zero-order valence-corrected chi connectivity index (χ0v) is 7.46. The number of hydrogen-bond acceptors (Lipinski definition) is 2. The summed E-state index contributed by atoms with van der Waals surface area (Å²) in [5.74, 6) is -0.431. The molecular weight excluding hydrogens is 140 g/mol. The maximum absolute atomic E-state index is 5.61. The summed E-state index contributed by atoms with van der Waals surface area (Å²) in [5, 5.41) is 0. The Labute approximate surface area is 68.2 Å². The Morgan fingerprint density at radius 3 is 2.45 bits per heavy atom. The fourth-order valence-corrected chi connectivity index (χ4v) is 1.38. The summed E-state index contributed by atoms with van der Waals surface area (Å²) in [6.45, 7) is 9.65. The molecule has 0 N–H and O–H groups in total. The topological polar surface area (TPSA) is 18.5 Å². The lowest BCUT2D eigenvalue weighted by Crippen LogP contribution is -2.21. The van der Waals surface area contributed by atoms with E-state index in [-0.39, 0.29) is 12.2 Å². The van der Waals surface area contributed by atoms with Gasteiger partial charge < -0.3 is 9.47 Å². The third-order valence-electron chi connectivity index (χ3n) is 1.86. The first kappa shape index (κ1) is 8.75. The largest absolute Gasteiger partial charge is 0.344 e. The molecule has 1 aliphatic heterocycles. The van der Waals surface area contributed by atoms with E-state index < -0.39 is 5.79 Å². The summed E-state index contributed by atoms with van der Waals surface area (Å²) >= 11 is 0. The van der Waals surface area contributed by atoms with Gasteiger partial charge in [-0.3, -0.25) is 0 Å². The Morgan fingerprint density at radius 2 is 2.09 bits per heavy atom. The number of rotatable bonds is 2. The number of ether oxygens (including phenoxy) is 2. The van der Waals surface area contributed by atoms with Gasteiger partial charge in [0.05, 0.1) is 6.10 Å². The van der Waals surface area contributed by atoms with Crippen LogP contribution in [0.5, 0.6) is 0 Å². The summed E-state index contributed by atoms with van der Waals surface area (Å²) in [6, 6.07) is 0. The quantitative estimate of drug-likeness (QED) is 0.570. The third-order valence-corrected chi connectivity index (χ3v) is 1.86. The van der Waals surface area contributed by atoms with Crippen molar-refractivity contribution in [2.24, 2.45) is 0 Å². The maximum Gasteiger partial charge on any atom is 0.164 e. The molecule has 11 heavy (non-hydrogen) atoms. The molecule has 1 heterocycles. The van der Waals surface area contributed by atoms with Gasteiger partial charge in [-0.15, -0.1) is 6.58 Å². The average molecular weight is 156 g/mol. The van der Waals surface area contributed by atoms with Gasteiger partial charge in [-0.1, -0.05) is 13.0 Å². The Hall–Kier alpha value is -0.340. The molecule has 0 bridgehead atoms. The van der Waals surface area contributed by atoms with E-state index in [1.807, 2.05) is 19.9 Å². The first-order valence-corrected chi connectivity index (χ1v) is 4.07. The summed E-state index contributed by atoms with van der Waals surface area (Å²) in [4.78, 5) is 0. The van der Waals surface area contributed by atoms with Crippen LogP contribution in [-0.2, 0) is 9.47 Å². The molecule has 2 nitrogen and oxygen atoms in total. The number of hydrogen-bond donors (Lipinski definition) is 0. The third kappa shape index (κ3) is 1.82.